The first-order valence-corrected chi connectivity index (χ1v) is 11.3. The molecule has 1 amide bonds. The predicted octanol–water partition coefficient (Wildman–Crippen LogP) is 6.05. The number of halogens is 1. The number of benzene rings is 2. The van der Waals surface area contributed by atoms with Crippen molar-refractivity contribution < 1.29 is 14.3 Å². The van der Waals surface area contributed by atoms with Gasteiger partial charge in [-0.1, -0.05) is 30.3 Å². The number of nitrogens with zero attached hydrogens (tertiary/aromatic N) is 2. The Morgan fingerprint density at radius 3 is 2.68 bits per heavy atom. The summed E-state index contributed by atoms with van der Waals surface area (Å²) < 4.78 is 6.14. The molecule has 1 N–H and O–H groups in total. The highest BCUT2D eigenvalue weighted by Crippen LogP contribution is 2.33. The van der Waals surface area contributed by atoms with Crippen molar-refractivity contribution >= 4 is 60.9 Å². The van der Waals surface area contributed by atoms with Gasteiger partial charge in [-0.05, 0) is 53.0 Å². The second-order valence-electron chi connectivity index (χ2n) is 7.13. The molecule has 0 unspecified atom stereocenters. The summed E-state index contributed by atoms with van der Waals surface area (Å²) in [7, 11) is 0. The maximum absolute atomic E-state index is 12.6. The number of para-hydroxylation sites is 1. The first-order valence-electron chi connectivity index (χ1n) is 9.61. The highest BCUT2D eigenvalue weighted by molar-refractivity contribution is 9.10. The molecule has 4 rings (SSSR count). The summed E-state index contributed by atoms with van der Waals surface area (Å²) in [6.45, 7) is 5.51. The van der Waals surface area contributed by atoms with E-state index in [-0.39, 0.29) is 12.5 Å². The van der Waals surface area contributed by atoms with E-state index in [9.17, 15) is 9.59 Å². The minimum atomic E-state index is -0.476. The zero-order valence-corrected chi connectivity index (χ0v) is 19.6. The predicted molar refractivity (Wildman–Crippen MR) is 126 cm³/mol. The lowest BCUT2D eigenvalue weighted by molar-refractivity contribution is -0.115. The number of anilines is 2. The van der Waals surface area contributed by atoms with Gasteiger partial charge in [-0.15, -0.1) is 11.3 Å². The van der Waals surface area contributed by atoms with Crippen LogP contribution in [0.15, 0.2) is 52.3 Å². The number of aromatic amines is 1. The van der Waals surface area contributed by atoms with Crippen LogP contribution in [-0.4, -0.2) is 21.8 Å². The lowest BCUT2D eigenvalue weighted by Crippen LogP contribution is -2.23. The molecule has 6 nitrogen and oxygen atoms in total. The Bertz CT molecular complexity index is 1290. The number of ether oxygens (including phenoxy) is 1. The summed E-state index contributed by atoms with van der Waals surface area (Å²) >= 11 is 4.80. The van der Waals surface area contributed by atoms with Crippen LogP contribution >= 0.6 is 27.3 Å². The van der Waals surface area contributed by atoms with E-state index in [0.717, 1.165) is 27.7 Å². The molecule has 158 valence electrons. The largest absolute Gasteiger partial charge is 0.454 e. The van der Waals surface area contributed by atoms with E-state index in [0.29, 0.717) is 21.0 Å². The van der Waals surface area contributed by atoms with Gasteiger partial charge in [0.15, 0.2) is 5.13 Å². The van der Waals surface area contributed by atoms with Crippen molar-refractivity contribution in [3.8, 4) is 0 Å². The minimum Gasteiger partial charge on any atom is -0.454 e. The zero-order valence-electron chi connectivity index (χ0n) is 17.2. The van der Waals surface area contributed by atoms with E-state index < -0.39 is 5.97 Å². The number of esters is 1. The van der Waals surface area contributed by atoms with Crippen molar-refractivity contribution in [2.24, 2.45) is 0 Å². The van der Waals surface area contributed by atoms with Crippen molar-refractivity contribution in [3.63, 3.8) is 0 Å². The van der Waals surface area contributed by atoms with E-state index in [1.807, 2.05) is 56.3 Å². The third-order valence-corrected chi connectivity index (χ3v) is 6.76. The number of aromatic nitrogens is 2. The first kappa shape index (κ1) is 21.3. The number of hydrogen-bond acceptors (Lipinski definition) is 5. The van der Waals surface area contributed by atoms with Crippen LogP contribution in [0.1, 0.15) is 34.2 Å². The molecule has 0 saturated heterocycles. The molecule has 2 heterocycles. The molecule has 0 fully saturated rings. The van der Waals surface area contributed by atoms with Gasteiger partial charge in [0.2, 0.25) is 5.91 Å². The first-order chi connectivity index (χ1) is 14.9. The van der Waals surface area contributed by atoms with Crippen LogP contribution in [0.3, 0.4) is 0 Å². The van der Waals surface area contributed by atoms with Crippen molar-refractivity contribution in [3.05, 3.63) is 74.8 Å². The van der Waals surface area contributed by atoms with Crippen LogP contribution < -0.4 is 4.90 Å². The second-order valence-corrected chi connectivity index (χ2v) is 8.76. The van der Waals surface area contributed by atoms with Gasteiger partial charge in [0.05, 0.1) is 15.9 Å². The Labute approximate surface area is 192 Å². The number of amides is 1. The monoisotopic (exact) mass is 497 g/mol. The van der Waals surface area contributed by atoms with E-state index >= 15 is 0 Å². The molecular weight excluding hydrogens is 478 g/mol. The van der Waals surface area contributed by atoms with Crippen LogP contribution in [0.25, 0.3) is 10.9 Å². The third kappa shape index (κ3) is 4.13. The van der Waals surface area contributed by atoms with Crippen LogP contribution in [0.5, 0.6) is 0 Å². The number of rotatable bonds is 5. The number of hydrogen-bond donors (Lipinski definition) is 1. The number of aryl methyl sites for hydroxylation is 1. The van der Waals surface area contributed by atoms with Crippen molar-refractivity contribution in [1.29, 1.82) is 0 Å². The smallest absolute Gasteiger partial charge is 0.356 e. The fraction of sp³-hybridized carbons (Fsp3) is 0.174. The normalized spacial score (nSPS) is 11.0. The highest BCUT2D eigenvalue weighted by Gasteiger charge is 2.21. The molecule has 0 radical (unpaired) electrons. The van der Waals surface area contributed by atoms with Crippen LogP contribution in [0.2, 0.25) is 0 Å². The van der Waals surface area contributed by atoms with Gasteiger partial charge in [0, 0.05) is 23.2 Å². The Kier molecular flexibility index (Phi) is 5.93. The van der Waals surface area contributed by atoms with E-state index in [1.165, 1.54) is 18.3 Å². The molecule has 2 aromatic heterocycles. The summed E-state index contributed by atoms with van der Waals surface area (Å²) in [6.07, 6.45) is 0. The summed E-state index contributed by atoms with van der Waals surface area (Å²) in [5.74, 6) is -0.607. The molecule has 4 aromatic rings. The SMILES string of the molecule is CC(=O)N(c1nc(COC(=O)c2[nH]c3ccccc3c2Br)cs1)c1cccc(C)c1C. The Morgan fingerprint density at radius 1 is 1.16 bits per heavy atom. The van der Waals surface area contributed by atoms with Gasteiger partial charge in [0.1, 0.15) is 12.3 Å². The van der Waals surface area contributed by atoms with Gasteiger partial charge in [0.25, 0.3) is 0 Å². The zero-order chi connectivity index (χ0) is 22.1. The molecule has 0 atom stereocenters. The Hall–Kier alpha value is -2.97. The second kappa shape index (κ2) is 8.64. The number of H-pyrrole nitrogens is 1. The number of thiazole rings is 1. The Morgan fingerprint density at radius 2 is 1.94 bits per heavy atom. The summed E-state index contributed by atoms with van der Waals surface area (Å²) in [5.41, 5.74) is 4.70. The van der Waals surface area contributed by atoms with Gasteiger partial charge < -0.3 is 9.72 Å². The van der Waals surface area contributed by atoms with E-state index in [2.05, 4.69) is 25.9 Å². The topological polar surface area (TPSA) is 75.3 Å². The molecule has 8 heteroatoms. The lowest BCUT2D eigenvalue weighted by atomic mass is 10.1. The standard InChI is InChI=1S/C23H20BrN3O3S/c1-13-7-6-10-19(14(13)2)27(15(3)28)23-25-16(12-31-23)11-30-22(29)21-20(24)17-8-4-5-9-18(17)26-21/h4-10,12,26H,11H2,1-3H3. The summed E-state index contributed by atoms with van der Waals surface area (Å²) in [5, 5.41) is 3.25. The van der Waals surface area contributed by atoms with Crippen LogP contribution in [-0.2, 0) is 16.1 Å². The van der Waals surface area contributed by atoms with Gasteiger partial charge in [-0.25, -0.2) is 9.78 Å². The molecular formula is C23H20BrN3O3S. The average Bonchev–Trinajstić information content (AvgIpc) is 3.34. The molecule has 0 saturated carbocycles. The fourth-order valence-electron chi connectivity index (χ4n) is 3.31. The van der Waals surface area contributed by atoms with Crippen molar-refractivity contribution in [2.75, 3.05) is 4.90 Å². The summed E-state index contributed by atoms with van der Waals surface area (Å²) in [4.78, 5) is 34.2. The molecule has 0 spiro atoms. The molecule has 0 bridgehead atoms. The lowest BCUT2D eigenvalue weighted by Gasteiger charge is -2.21. The van der Waals surface area contributed by atoms with Crippen molar-refractivity contribution in [2.45, 2.75) is 27.4 Å². The molecule has 0 aliphatic carbocycles. The number of fused-ring (bicyclic) bond motifs is 1. The van der Waals surface area contributed by atoms with Gasteiger partial charge in [-0.3, -0.25) is 9.69 Å². The average molecular weight is 498 g/mol. The quantitative estimate of drug-likeness (QED) is 0.340. The maximum Gasteiger partial charge on any atom is 0.356 e. The molecule has 0 aliphatic rings. The fourth-order valence-corrected chi connectivity index (χ4v) is 4.78. The summed E-state index contributed by atoms with van der Waals surface area (Å²) in [6, 6.07) is 13.4. The van der Waals surface area contributed by atoms with E-state index in [1.54, 1.807) is 10.3 Å². The van der Waals surface area contributed by atoms with Crippen LogP contribution in [0.4, 0.5) is 10.8 Å². The van der Waals surface area contributed by atoms with Crippen LogP contribution in [0, 0.1) is 13.8 Å². The van der Waals surface area contributed by atoms with Crippen molar-refractivity contribution in [1.82, 2.24) is 9.97 Å². The van der Waals surface area contributed by atoms with Gasteiger partial charge in [-0.2, -0.15) is 0 Å². The highest BCUT2D eigenvalue weighted by atomic mass is 79.9. The van der Waals surface area contributed by atoms with E-state index in [4.69, 9.17) is 4.74 Å². The molecule has 0 aliphatic heterocycles. The number of carbonyl (C=O) groups is 2. The maximum atomic E-state index is 12.6. The number of nitrogens with one attached hydrogen (secondary N) is 1. The molecule has 2 aromatic carbocycles. The van der Waals surface area contributed by atoms with Gasteiger partial charge >= 0.3 is 5.97 Å². The minimum absolute atomic E-state index is 0.00961. The molecule has 31 heavy (non-hydrogen) atoms. The third-order valence-electron chi connectivity index (χ3n) is 5.06. The Balaban J connectivity index is 1.53. The number of carbonyl (C=O) groups excluding carboxylic acids is 2.